The number of anilines is 1. The average Bonchev–Trinajstić information content (AvgIpc) is 2.84. The van der Waals surface area contributed by atoms with E-state index >= 15 is 0 Å². The van der Waals surface area contributed by atoms with Crippen molar-refractivity contribution >= 4 is 17.6 Å². The minimum absolute atomic E-state index is 0.182. The Bertz CT molecular complexity index is 590. The molecule has 0 bridgehead atoms. The van der Waals surface area contributed by atoms with Crippen LogP contribution in [0.15, 0.2) is 23.2 Å². The van der Waals surface area contributed by atoms with Crippen LogP contribution in [-0.4, -0.2) is 44.8 Å². The third-order valence-corrected chi connectivity index (χ3v) is 3.47. The van der Waals surface area contributed by atoms with Crippen molar-refractivity contribution in [3.63, 3.8) is 0 Å². The second kappa shape index (κ2) is 10.4. The number of nitrogens with one attached hydrogen (secondary N) is 2. The second-order valence-electron chi connectivity index (χ2n) is 5.51. The molecule has 0 atom stereocenters. The molecular formula is C18H27N3O4. The Hall–Kier alpha value is -2.44. The molecule has 0 fully saturated rings. The molecule has 2 rings (SSSR count). The van der Waals surface area contributed by atoms with Gasteiger partial charge in [-0.3, -0.25) is 9.79 Å². The van der Waals surface area contributed by atoms with Gasteiger partial charge < -0.3 is 24.8 Å². The molecule has 1 aromatic rings. The van der Waals surface area contributed by atoms with Crippen LogP contribution in [0.5, 0.6) is 11.5 Å². The summed E-state index contributed by atoms with van der Waals surface area (Å²) in [6.45, 7) is 6.83. The standard InChI is InChI=1S/C18H27N3O4/c1-3-19-18(20-10-5-7-17(22)23-4-2)21-14-8-9-15-16(13-14)25-12-6-11-24-15/h8-9,13H,3-7,10-12H2,1-2H3,(H2,19,20,21). The van der Waals surface area contributed by atoms with E-state index in [1.54, 1.807) is 6.92 Å². The first-order valence-corrected chi connectivity index (χ1v) is 8.83. The van der Waals surface area contributed by atoms with Gasteiger partial charge in [0.1, 0.15) is 0 Å². The maximum absolute atomic E-state index is 11.3. The highest BCUT2D eigenvalue weighted by Gasteiger charge is 2.11. The van der Waals surface area contributed by atoms with Gasteiger partial charge >= 0.3 is 5.97 Å². The molecule has 0 saturated carbocycles. The number of benzene rings is 1. The van der Waals surface area contributed by atoms with Crippen molar-refractivity contribution < 1.29 is 19.0 Å². The Kier molecular flexibility index (Phi) is 7.88. The first kappa shape index (κ1) is 18.9. The Morgan fingerprint density at radius 1 is 1.24 bits per heavy atom. The summed E-state index contributed by atoms with van der Waals surface area (Å²) in [5.41, 5.74) is 0.870. The van der Waals surface area contributed by atoms with Crippen LogP contribution in [0.3, 0.4) is 0 Å². The van der Waals surface area contributed by atoms with E-state index in [1.807, 2.05) is 25.1 Å². The number of ether oxygens (including phenoxy) is 3. The van der Waals surface area contributed by atoms with Gasteiger partial charge in [0.25, 0.3) is 0 Å². The Balaban J connectivity index is 1.92. The van der Waals surface area contributed by atoms with Gasteiger partial charge in [-0.1, -0.05) is 0 Å². The summed E-state index contributed by atoms with van der Waals surface area (Å²) in [5.74, 6) is 1.99. The number of aliphatic imine (C=N–C) groups is 1. The van der Waals surface area contributed by atoms with Crippen LogP contribution in [0.2, 0.25) is 0 Å². The van der Waals surface area contributed by atoms with E-state index < -0.39 is 0 Å². The van der Waals surface area contributed by atoms with E-state index in [2.05, 4.69) is 15.6 Å². The highest BCUT2D eigenvalue weighted by atomic mass is 16.5. The van der Waals surface area contributed by atoms with Crippen molar-refractivity contribution in [1.29, 1.82) is 0 Å². The normalized spacial score (nSPS) is 13.8. The highest BCUT2D eigenvalue weighted by molar-refractivity contribution is 5.93. The average molecular weight is 349 g/mol. The number of hydrogen-bond acceptors (Lipinski definition) is 5. The third-order valence-electron chi connectivity index (χ3n) is 3.47. The molecule has 1 aliphatic heterocycles. The quantitative estimate of drug-likeness (QED) is 0.341. The molecule has 0 saturated heterocycles. The van der Waals surface area contributed by atoms with Crippen molar-refractivity contribution in [2.45, 2.75) is 33.1 Å². The number of fused-ring (bicyclic) bond motifs is 1. The minimum Gasteiger partial charge on any atom is -0.490 e. The zero-order valence-corrected chi connectivity index (χ0v) is 15.0. The van der Waals surface area contributed by atoms with Crippen LogP contribution >= 0.6 is 0 Å². The second-order valence-corrected chi connectivity index (χ2v) is 5.51. The summed E-state index contributed by atoms with van der Waals surface area (Å²) in [5, 5.41) is 6.44. The third kappa shape index (κ3) is 6.52. The predicted octanol–water partition coefficient (Wildman–Crippen LogP) is 2.57. The lowest BCUT2D eigenvalue weighted by molar-refractivity contribution is -0.143. The molecule has 1 aliphatic rings. The maximum Gasteiger partial charge on any atom is 0.305 e. The summed E-state index contributed by atoms with van der Waals surface area (Å²) in [7, 11) is 0. The monoisotopic (exact) mass is 349 g/mol. The zero-order chi connectivity index (χ0) is 17.9. The van der Waals surface area contributed by atoms with Crippen molar-refractivity contribution in [1.82, 2.24) is 5.32 Å². The Morgan fingerprint density at radius 2 is 2.04 bits per heavy atom. The zero-order valence-electron chi connectivity index (χ0n) is 15.0. The molecule has 1 aromatic carbocycles. The Labute approximate surface area is 148 Å². The van der Waals surface area contributed by atoms with Gasteiger partial charge in [0.05, 0.1) is 19.8 Å². The number of hydrogen-bond donors (Lipinski definition) is 2. The molecule has 0 spiro atoms. The summed E-state index contributed by atoms with van der Waals surface area (Å²) in [6.07, 6.45) is 1.90. The summed E-state index contributed by atoms with van der Waals surface area (Å²) in [4.78, 5) is 15.8. The fourth-order valence-electron chi connectivity index (χ4n) is 2.33. The number of rotatable bonds is 7. The fourth-order valence-corrected chi connectivity index (χ4v) is 2.33. The predicted molar refractivity (Wildman–Crippen MR) is 97.5 cm³/mol. The lowest BCUT2D eigenvalue weighted by Crippen LogP contribution is -2.30. The summed E-state index contributed by atoms with van der Waals surface area (Å²) in [6, 6.07) is 5.73. The molecule has 0 aliphatic carbocycles. The minimum atomic E-state index is -0.182. The van der Waals surface area contributed by atoms with Gasteiger partial charge in [-0.15, -0.1) is 0 Å². The summed E-state index contributed by atoms with van der Waals surface area (Å²) < 4.78 is 16.2. The number of carbonyl (C=O) groups excluding carboxylic acids is 1. The molecule has 2 N–H and O–H groups in total. The van der Waals surface area contributed by atoms with Gasteiger partial charge in [0, 0.05) is 37.7 Å². The smallest absolute Gasteiger partial charge is 0.305 e. The van der Waals surface area contributed by atoms with Crippen LogP contribution in [0, 0.1) is 0 Å². The van der Waals surface area contributed by atoms with Crippen molar-refractivity contribution in [3.8, 4) is 11.5 Å². The van der Waals surface area contributed by atoms with E-state index in [0.29, 0.717) is 45.2 Å². The molecular weight excluding hydrogens is 322 g/mol. The first-order chi connectivity index (χ1) is 12.2. The Morgan fingerprint density at radius 3 is 2.80 bits per heavy atom. The van der Waals surface area contributed by atoms with Crippen molar-refractivity contribution in [2.75, 3.05) is 38.2 Å². The van der Waals surface area contributed by atoms with Crippen LogP contribution in [0.4, 0.5) is 5.69 Å². The highest BCUT2D eigenvalue weighted by Crippen LogP contribution is 2.32. The van der Waals surface area contributed by atoms with Crippen molar-refractivity contribution in [2.24, 2.45) is 4.99 Å². The van der Waals surface area contributed by atoms with E-state index in [-0.39, 0.29) is 5.97 Å². The molecule has 7 nitrogen and oxygen atoms in total. The van der Waals surface area contributed by atoms with Crippen LogP contribution in [0.1, 0.15) is 33.1 Å². The molecule has 138 valence electrons. The largest absolute Gasteiger partial charge is 0.490 e. The molecule has 25 heavy (non-hydrogen) atoms. The van der Waals surface area contributed by atoms with Crippen LogP contribution in [-0.2, 0) is 9.53 Å². The van der Waals surface area contributed by atoms with Gasteiger partial charge in [0.2, 0.25) is 0 Å². The lowest BCUT2D eigenvalue weighted by atomic mass is 10.2. The molecule has 1 heterocycles. The first-order valence-electron chi connectivity index (χ1n) is 8.83. The van der Waals surface area contributed by atoms with Gasteiger partial charge in [-0.25, -0.2) is 0 Å². The SMILES string of the molecule is CCNC(=NCCCC(=O)OCC)Nc1ccc2c(c1)OCCCO2. The number of guanidine groups is 1. The van der Waals surface area contributed by atoms with Gasteiger partial charge in [0.15, 0.2) is 17.5 Å². The summed E-state index contributed by atoms with van der Waals surface area (Å²) >= 11 is 0. The van der Waals surface area contributed by atoms with E-state index in [9.17, 15) is 4.79 Å². The van der Waals surface area contributed by atoms with Crippen LogP contribution < -0.4 is 20.1 Å². The van der Waals surface area contributed by atoms with Gasteiger partial charge in [-0.2, -0.15) is 0 Å². The van der Waals surface area contributed by atoms with Gasteiger partial charge in [-0.05, 0) is 32.4 Å². The topological polar surface area (TPSA) is 81.2 Å². The number of esters is 1. The molecule has 0 radical (unpaired) electrons. The lowest BCUT2D eigenvalue weighted by Gasteiger charge is -2.13. The number of nitrogens with zero attached hydrogens (tertiary/aromatic N) is 1. The molecule has 0 unspecified atom stereocenters. The number of carbonyl (C=O) groups is 1. The van der Waals surface area contributed by atoms with Crippen LogP contribution in [0.25, 0.3) is 0 Å². The molecule has 0 aromatic heterocycles. The maximum atomic E-state index is 11.3. The fraction of sp³-hybridized carbons (Fsp3) is 0.556. The molecule has 0 amide bonds. The van der Waals surface area contributed by atoms with E-state index in [0.717, 1.165) is 30.2 Å². The van der Waals surface area contributed by atoms with E-state index in [4.69, 9.17) is 14.2 Å². The van der Waals surface area contributed by atoms with E-state index in [1.165, 1.54) is 0 Å². The van der Waals surface area contributed by atoms with Crippen molar-refractivity contribution in [3.05, 3.63) is 18.2 Å². The molecule has 7 heteroatoms.